The van der Waals surface area contributed by atoms with Crippen molar-refractivity contribution in [1.29, 1.82) is 0 Å². The number of aliphatic imine (C=N–C) groups is 2. The smallest absolute Gasteiger partial charge is 0.409 e. The highest BCUT2D eigenvalue weighted by Crippen LogP contribution is 2.43. The van der Waals surface area contributed by atoms with E-state index in [0.29, 0.717) is 12.1 Å². The second-order valence-corrected chi connectivity index (χ2v) is 12.4. The molecule has 3 aliphatic heterocycles. The quantitative estimate of drug-likeness (QED) is 0.433. The molecule has 0 radical (unpaired) electrons. The summed E-state index contributed by atoms with van der Waals surface area (Å²) in [5.74, 6) is -9.92. The second-order valence-electron chi connectivity index (χ2n) is 12.4. The maximum absolute atomic E-state index is 16.3. The number of nitrogens with zero attached hydrogens (tertiary/aromatic N) is 5. The second kappa shape index (κ2) is 11.9. The number of nitrogens with one attached hydrogen (secondary N) is 2. The fraction of sp³-hybridized carbons (Fsp3) is 0.600. The monoisotopic (exact) mass is 651 g/mol. The number of hydrogen-bond acceptors (Lipinski definition) is 7. The van der Waals surface area contributed by atoms with Gasteiger partial charge in [0.1, 0.15) is 23.7 Å². The van der Waals surface area contributed by atoms with Gasteiger partial charge in [0.25, 0.3) is 11.8 Å². The lowest BCUT2D eigenvalue weighted by Gasteiger charge is -2.40. The Morgan fingerprint density at radius 1 is 1.07 bits per heavy atom. The number of imidazole rings is 1. The number of carbonyl (C=O) groups is 3. The lowest BCUT2D eigenvalue weighted by Crippen LogP contribution is -2.60. The predicted octanol–water partition coefficient (Wildman–Crippen LogP) is 4.21. The summed E-state index contributed by atoms with van der Waals surface area (Å²) in [6, 6.07) is 2.12. The van der Waals surface area contributed by atoms with Crippen molar-refractivity contribution >= 4 is 40.4 Å². The van der Waals surface area contributed by atoms with Gasteiger partial charge in [0.05, 0.1) is 43.4 Å². The van der Waals surface area contributed by atoms with E-state index in [1.54, 1.807) is 6.07 Å². The Bertz CT molecular complexity index is 1610. The number of aromatic nitrogens is 2. The van der Waals surface area contributed by atoms with E-state index in [0.717, 1.165) is 12.0 Å². The molecular formula is C30H34F5N7O4. The number of halogens is 5. The highest BCUT2D eigenvalue weighted by molar-refractivity contribution is 6.67. The first kappa shape index (κ1) is 31.9. The largest absolute Gasteiger partial charge is 0.453 e. The minimum absolute atomic E-state index is 0.0598. The summed E-state index contributed by atoms with van der Waals surface area (Å²) in [7, 11) is 1.16. The number of carbonyl (C=O) groups excluding carboxylic acids is 3. The molecule has 4 heterocycles. The standard InChI is InChI=1S/C30H34F5N7O4/c1-3-19-24(37-14-36-19)26(43)40-22(15-6-8-29(32,33)9-7-15)25-38-20-5-4-16(21(31)23(20)39-25)17-10-41(28(45)46-2)11-18(17)27(44)42-12-30(34,35)13-42/h4-5,15,17-18,22H,3,6-14H2,1-2H3,(H,38,39)(H,40,43)/t17-,18-,22?/m1/s1. The van der Waals surface area contributed by atoms with E-state index in [-0.39, 0.29) is 73.6 Å². The molecule has 3 amide bonds. The molecular weight excluding hydrogens is 617 g/mol. The summed E-state index contributed by atoms with van der Waals surface area (Å²) in [5, 5.41) is 2.88. The zero-order chi connectivity index (χ0) is 33.0. The third-order valence-corrected chi connectivity index (χ3v) is 9.39. The van der Waals surface area contributed by atoms with E-state index in [1.807, 2.05) is 6.92 Å². The molecule has 1 aliphatic carbocycles. The van der Waals surface area contributed by atoms with Crippen molar-refractivity contribution in [3.8, 4) is 0 Å². The molecule has 2 saturated heterocycles. The summed E-state index contributed by atoms with van der Waals surface area (Å²) < 4.78 is 76.4. The van der Waals surface area contributed by atoms with Gasteiger partial charge < -0.3 is 24.8 Å². The van der Waals surface area contributed by atoms with Gasteiger partial charge in [0, 0.05) is 31.8 Å². The van der Waals surface area contributed by atoms with Gasteiger partial charge >= 0.3 is 6.09 Å². The van der Waals surface area contributed by atoms with Crippen molar-refractivity contribution in [2.75, 3.05) is 40.0 Å². The summed E-state index contributed by atoms with van der Waals surface area (Å²) in [6.07, 6.45) is -0.825. The van der Waals surface area contributed by atoms with E-state index >= 15 is 4.39 Å². The molecule has 4 aliphatic rings. The molecule has 0 bridgehead atoms. The number of benzene rings is 1. The Kier molecular flexibility index (Phi) is 8.25. The van der Waals surface area contributed by atoms with E-state index in [9.17, 15) is 31.9 Å². The first-order valence-corrected chi connectivity index (χ1v) is 15.2. The van der Waals surface area contributed by atoms with Gasteiger partial charge in [-0.1, -0.05) is 13.0 Å². The number of rotatable bonds is 7. The molecule has 46 heavy (non-hydrogen) atoms. The number of ether oxygens (including phenoxy) is 1. The van der Waals surface area contributed by atoms with Crippen LogP contribution in [0, 0.1) is 17.7 Å². The molecule has 6 rings (SSSR count). The van der Waals surface area contributed by atoms with Crippen molar-refractivity contribution in [1.82, 2.24) is 25.1 Å². The molecule has 1 saturated carbocycles. The SMILES string of the molecule is CCC1=NCN=C1C(=O)NC(c1nc2c(F)c([C@H]3CN(C(=O)OC)C[C@H]3C(=O)N3CC(F)(F)C3)ccc2[nH]1)C1CCC(F)(F)CC1. The van der Waals surface area contributed by atoms with Crippen LogP contribution in [0.3, 0.4) is 0 Å². The topological polar surface area (TPSA) is 132 Å². The third kappa shape index (κ3) is 5.93. The molecule has 1 aromatic heterocycles. The normalized spacial score (nSPS) is 24.8. The van der Waals surface area contributed by atoms with Crippen molar-refractivity contribution in [2.45, 2.75) is 62.8 Å². The maximum Gasteiger partial charge on any atom is 0.409 e. The van der Waals surface area contributed by atoms with Gasteiger partial charge in [0.15, 0.2) is 5.82 Å². The van der Waals surface area contributed by atoms with Crippen LogP contribution in [0.1, 0.15) is 62.4 Å². The van der Waals surface area contributed by atoms with Crippen LogP contribution < -0.4 is 5.32 Å². The summed E-state index contributed by atoms with van der Waals surface area (Å²) in [6.45, 7) is 0.202. The summed E-state index contributed by atoms with van der Waals surface area (Å²) in [5.41, 5.74) is 0.893. The van der Waals surface area contributed by atoms with Gasteiger partial charge in [-0.25, -0.2) is 31.7 Å². The molecule has 0 spiro atoms. The van der Waals surface area contributed by atoms with Crippen molar-refractivity contribution in [3.05, 3.63) is 29.3 Å². The Hall–Kier alpha value is -4.11. The number of methoxy groups -OCH3 is 1. The van der Waals surface area contributed by atoms with Gasteiger partial charge in [-0.2, -0.15) is 0 Å². The average molecular weight is 652 g/mol. The van der Waals surface area contributed by atoms with Gasteiger partial charge in [-0.3, -0.25) is 19.6 Å². The Morgan fingerprint density at radius 3 is 2.43 bits per heavy atom. The molecule has 1 aromatic carbocycles. The van der Waals surface area contributed by atoms with Gasteiger partial charge in [-0.05, 0) is 36.8 Å². The third-order valence-electron chi connectivity index (χ3n) is 9.39. The first-order chi connectivity index (χ1) is 21.8. The average Bonchev–Trinajstić information content (AvgIpc) is 3.77. The fourth-order valence-electron chi connectivity index (χ4n) is 6.91. The minimum atomic E-state index is -3.00. The van der Waals surface area contributed by atoms with Gasteiger partial charge in [0.2, 0.25) is 11.8 Å². The number of H-pyrrole nitrogens is 1. The van der Waals surface area contributed by atoms with E-state index in [1.165, 1.54) is 11.0 Å². The maximum atomic E-state index is 16.3. The van der Waals surface area contributed by atoms with E-state index < -0.39 is 72.5 Å². The number of aromatic amines is 1. The fourth-order valence-corrected chi connectivity index (χ4v) is 6.91. The zero-order valence-corrected chi connectivity index (χ0v) is 25.3. The zero-order valence-electron chi connectivity index (χ0n) is 25.3. The van der Waals surface area contributed by atoms with Gasteiger partial charge in [-0.15, -0.1) is 0 Å². The Labute approximate surface area is 260 Å². The van der Waals surface area contributed by atoms with Crippen LogP contribution in [-0.2, 0) is 14.3 Å². The van der Waals surface area contributed by atoms with Crippen LogP contribution in [-0.4, -0.2) is 101 Å². The Morgan fingerprint density at radius 2 is 1.78 bits per heavy atom. The van der Waals surface area contributed by atoms with Crippen LogP contribution in [0.4, 0.5) is 26.7 Å². The van der Waals surface area contributed by atoms with Crippen LogP contribution in [0.15, 0.2) is 22.1 Å². The molecule has 2 N–H and O–H groups in total. The number of likely N-dealkylation sites (tertiary alicyclic amines) is 2. The van der Waals surface area contributed by atoms with Crippen LogP contribution in [0.25, 0.3) is 11.0 Å². The predicted molar refractivity (Wildman–Crippen MR) is 156 cm³/mol. The highest BCUT2D eigenvalue weighted by Gasteiger charge is 2.51. The number of hydrogen-bond donors (Lipinski definition) is 2. The summed E-state index contributed by atoms with van der Waals surface area (Å²) in [4.78, 5) is 57.1. The van der Waals surface area contributed by atoms with Crippen LogP contribution in [0.2, 0.25) is 0 Å². The highest BCUT2D eigenvalue weighted by atomic mass is 19.3. The summed E-state index contributed by atoms with van der Waals surface area (Å²) >= 11 is 0. The molecule has 2 aromatic rings. The molecule has 11 nitrogen and oxygen atoms in total. The molecule has 1 unspecified atom stereocenters. The molecule has 248 valence electrons. The molecule has 16 heteroatoms. The van der Waals surface area contributed by atoms with Crippen molar-refractivity contribution < 1.29 is 41.1 Å². The van der Waals surface area contributed by atoms with E-state index in [2.05, 4.69) is 25.3 Å². The molecule has 3 fully saturated rings. The van der Waals surface area contributed by atoms with Crippen LogP contribution >= 0.6 is 0 Å². The number of alkyl halides is 4. The lowest BCUT2D eigenvalue weighted by molar-refractivity contribution is -0.169. The number of amides is 3. The number of fused-ring (bicyclic) bond motifs is 1. The lowest BCUT2D eigenvalue weighted by atomic mass is 9.81. The minimum Gasteiger partial charge on any atom is -0.453 e. The molecule has 3 atom stereocenters. The van der Waals surface area contributed by atoms with Crippen LogP contribution in [0.5, 0.6) is 0 Å². The Balaban J connectivity index is 1.32. The van der Waals surface area contributed by atoms with Crippen molar-refractivity contribution in [3.63, 3.8) is 0 Å². The van der Waals surface area contributed by atoms with Crippen molar-refractivity contribution in [2.24, 2.45) is 21.8 Å². The first-order valence-electron chi connectivity index (χ1n) is 15.2. The van der Waals surface area contributed by atoms with E-state index in [4.69, 9.17) is 4.74 Å².